The minimum absolute atomic E-state index is 0.138. The van der Waals surface area contributed by atoms with Gasteiger partial charge in [-0.3, -0.25) is 0 Å². The van der Waals surface area contributed by atoms with Gasteiger partial charge in [0, 0.05) is 13.1 Å². The van der Waals surface area contributed by atoms with E-state index in [0.29, 0.717) is 29.5 Å². The summed E-state index contributed by atoms with van der Waals surface area (Å²) in [5.74, 6) is 0.638. The highest BCUT2D eigenvalue weighted by atomic mass is 32.2. The van der Waals surface area contributed by atoms with Crippen LogP contribution >= 0.6 is 0 Å². The van der Waals surface area contributed by atoms with E-state index < -0.39 is 10.0 Å². The number of sulfonamides is 1. The molecule has 1 aliphatic heterocycles. The van der Waals surface area contributed by atoms with Crippen molar-refractivity contribution in [2.75, 3.05) is 13.1 Å². The summed E-state index contributed by atoms with van der Waals surface area (Å²) in [6, 6.07) is 6.59. The van der Waals surface area contributed by atoms with E-state index >= 15 is 0 Å². The SMILES string of the molecule is CCC1CCCN(S(=O)(=O)c2cccc(CO)c2)CC1. The fourth-order valence-corrected chi connectivity index (χ4v) is 4.31. The minimum Gasteiger partial charge on any atom is -0.392 e. The minimum atomic E-state index is -3.43. The predicted molar refractivity (Wildman–Crippen MR) is 78.8 cm³/mol. The zero-order valence-electron chi connectivity index (χ0n) is 12.0. The molecule has 0 spiro atoms. The molecule has 4 nitrogen and oxygen atoms in total. The fraction of sp³-hybridized carbons (Fsp3) is 0.600. The molecule has 0 bridgehead atoms. The molecule has 0 aromatic heterocycles. The maximum atomic E-state index is 12.6. The zero-order valence-corrected chi connectivity index (χ0v) is 12.8. The third-order valence-electron chi connectivity index (χ3n) is 4.10. The summed E-state index contributed by atoms with van der Waals surface area (Å²) >= 11 is 0. The normalized spacial score (nSPS) is 21.6. The van der Waals surface area contributed by atoms with Crippen LogP contribution in [0.5, 0.6) is 0 Å². The summed E-state index contributed by atoms with van der Waals surface area (Å²) in [5.41, 5.74) is 0.632. The van der Waals surface area contributed by atoms with Crippen LogP contribution < -0.4 is 0 Å². The first-order valence-corrected chi connectivity index (χ1v) is 8.72. The van der Waals surface area contributed by atoms with E-state index in [1.54, 1.807) is 28.6 Å². The third kappa shape index (κ3) is 3.40. The number of rotatable bonds is 4. The topological polar surface area (TPSA) is 57.6 Å². The Morgan fingerprint density at radius 2 is 2.10 bits per heavy atom. The van der Waals surface area contributed by atoms with E-state index in [1.165, 1.54) is 0 Å². The van der Waals surface area contributed by atoms with Crippen LogP contribution in [0.3, 0.4) is 0 Å². The van der Waals surface area contributed by atoms with Gasteiger partial charge in [-0.05, 0) is 42.9 Å². The second-order valence-electron chi connectivity index (χ2n) is 5.41. The number of aliphatic hydroxyl groups excluding tert-OH is 1. The largest absolute Gasteiger partial charge is 0.392 e. The standard InChI is InChI=1S/C15H23NO3S/c1-2-13-6-4-9-16(10-8-13)20(18,19)15-7-3-5-14(11-15)12-17/h3,5,7,11,13,17H,2,4,6,8-10,12H2,1H3. The number of hydrogen-bond donors (Lipinski definition) is 1. The quantitative estimate of drug-likeness (QED) is 0.928. The van der Waals surface area contributed by atoms with Crippen molar-refractivity contribution in [2.24, 2.45) is 5.92 Å². The molecule has 1 aliphatic rings. The van der Waals surface area contributed by atoms with E-state index in [9.17, 15) is 8.42 Å². The lowest BCUT2D eigenvalue weighted by Gasteiger charge is -2.20. The lowest BCUT2D eigenvalue weighted by Crippen LogP contribution is -2.32. The second-order valence-corrected chi connectivity index (χ2v) is 7.35. The summed E-state index contributed by atoms with van der Waals surface area (Å²) in [6.45, 7) is 3.23. The molecule has 1 N–H and O–H groups in total. The number of aliphatic hydroxyl groups is 1. The van der Waals surface area contributed by atoms with Crippen LogP contribution in [0.1, 0.15) is 38.2 Å². The molecule has 20 heavy (non-hydrogen) atoms. The second kappa shape index (κ2) is 6.70. The molecule has 0 aliphatic carbocycles. The van der Waals surface area contributed by atoms with Gasteiger partial charge in [0.25, 0.3) is 0 Å². The Balaban J connectivity index is 2.21. The average Bonchev–Trinajstić information content (AvgIpc) is 2.73. The number of nitrogens with zero attached hydrogens (tertiary/aromatic N) is 1. The first kappa shape index (κ1) is 15.5. The van der Waals surface area contributed by atoms with Crippen LogP contribution in [0.4, 0.5) is 0 Å². The molecular formula is C15H23NO3S. The maximum absolute atomic E-state index is 12.6. The molecule has 1 heterocycles. The Hall–Kier alpha value is -0.910. The predicted octanol–water partition coefficient (Wildman–Crippen LogP) is 2.38. The first-order valence-electron chi connectivity index (χ1n) is 7.28. The third-order valence-corrected chi connectivity index (χ3v) is 6.00. The van der Waals surface area contributed by atoms with Gasteiger partial charge in [0.15, 0.2) is 0 Å². The highest BCUT2D eigenvalue weighted by Crippen LogP contribution is 2.25. The van der Waals surface area contributed by atoms with Gasteiger partial charge in [-0.2, -0.15) is 4.31 Å². The molecule has 1 fully saturated rings. The van der Waals surface area contributed by atoms with Crippen molar-refractivity contribution in [1.29, 1.82) is 0 Å². The first-order chi connectivity index (χ1) is 9.57. The Labute approximate surface area is 121 Å². The van der Waals surface area contributed by atoms with Crippen LogP contribution in [0.2, 0.25) is 0 Å². The van der Waals surface area contributed by atoms with E-state index in [2.05, 4.69) is 6.92 Å². The molecule has 1 aromatic carbocycles. The van der Waals surface area contributed by atoms with Crippen LogP contribution in [0.25, 0.3) is 0 Å². The summed E-state index contributed by atoms with van der Waals surface area (Å²) in [5, 5.41) is 9.14. The summed E-state index contributed by atoms with van der Waals surface area (Å²) in [6.07, 6.45) is 4.10. The zero-order chi connectivity index (χ0) is 14.6. The van der Waals surface area contributed by atoms with Gasteiger partial charge < -0.3 is 5.11 Å². The van der Waals surface area contributed by atoms with Crippen molar-refractivity contribution < 1.29 is 13.5 Å². The van der Waals surface area contributed by atoms with E-state index in [-0.39, 0.29) is 6.61 Å². The van der Waals surface area contributed by atoms with Gasteiger partial charge in [-0.1, -0.05) is 25.5 Å². The van der Waals surface area contributed by atoms with Crippen molar-refractivity contribution in [3.05, 3.63) is 29.8 Å². The molecule has 1 unspecified atom stereocenters. The van der Waals surface area contributed by atoms with Crippen molar-refractivity contribution in [2.45, 2.75) is 44.1 Å². The number of hydrogen-bond acceptors (Lipinski definition) is 3. The molecule has 2 rings (SSSR count). The Morgan fingerprint density at radius 3 is 2.80 bits per heavy atom. The summed E-state index contributed by atoms with van der Waals surface area (Å²) in [7, 11) is -3.43. The lowest BCUT2D eigenvalue weighted by atomic mass is 9.98. The Morgan fingerprint density at radius 1 is 1.30 bits per heavy atom. The Bertz CT molecular complexity index is 542. The van der Waals surface area contributed by atoms with E-state index in [1.807, 2.05) is 0 Å². The van der Waals surface area contributed by atoms with Gasteiger partial charge in [0.1, 0.15) is 0 Å². The molecule has 1 atom stereocenters. The van der Waals surface area contributed by atoms with Crippen molar-refractivity contribution >= 4 is 10.0 Å². The average molecular weight is 297 g/mol. The van der Waals surface area contributed by atoms with Crippen molar-refractivity contribution in [3.63, 3.8) is 0 Å². The van der Waals surface area contributed by atoms with E-state index in [0.717, 1.165) is 25.7 Å². The molecule has 0 saturated carbocycles. The van der Waals surface area contributed by atoms with Gasteiger partial charge in [0.05, 0.1) is 11.5 Å². The molecular weight excluding hydrogens is 274 g/mol. The van der Waals surface area contributed by atoms with Crippen LogP contribution in [0.15, 0.2) is 29.2 Å². The smallest absolute Gasteiger partial charge is 0.243 e. The van der Waals surface area contributed by atoms with Crippen LogP contribution in [0, 0.1) is 5.92 Å². The molecule has 112 valence electrons. The number of benzene rings is 1. The molecule has 5 heteroatoms. The summed E-state index contributed by atoms with van der Waals surface area (Å²) in [4.78, 5) is 0.291. The fourth-order valence-electron chi connectivity index (χ4n) is 2.74. The lowest BCUT2D eigenvalue weighted by molar-refractivity contribution is 0.281. The van der Waals surface area contributed by atoms with Crippen LogP contribution in [-0.4, -0.2) is 30.9 Å². The molecule has 0 amide bonds. The van der Waals surface area contributed by atoms with Gasteiger partial charge in [-0.25, -0.2) is 8.42 Å². The maximum Gasteiger partial charge on any atom is 0.243 e. The molecule has 1 saturated heterocycles. The van der Waals surface area contributed by atoms with Crippen molar-refractivity contribution in [3.8, 4) is 0 Å². The highest BCUT2D eigenvalue weighted by Gasteiger charge is 2.27. The van der Waals surface area contributed by atoms with Crippen LogP contribution in [-0.2, 0) is 16.6 Å². The van der Waals surface area contributed by atoms with Gasteiger partial charge >= 0.3 is 0 Å². The Kier molecular flexibility index (Phi) is 5.18. The molecule has 0 radical (unpaired) electrons. The van der Waals surface area contributed by atoms with Gasteiger partial charge in [0.2, 0.25) is 10.0 Å². The summed E-state index contributed by atoms with van der Waals surface area (Å²) < 4.78 is 26.9. The van der Waals surface area contributed by atoms with Crippen molar-refractivity contribution in [1.82, 2.24) is 4.31 Å². The monoisotopic (exact) mass is 297 g/mol. The highest BCUT2D eigenvalue weighted by molar-refractivity contribution is 7.89. The molecule has 1 aromatic rings. The van der Waals surface area contributed by atoms with Gasteiger partial charge in [-0.15, -0.1) is 0 Å². The van der Waals surface area contributed by atoms with E-state index in [4.69, 9.17) is 5.11 Å².